The van der Waals surface area contributed by atoms with E-state index in [0.29, 0.717) is 23.0 Å². The number of anilines is 1. The Hall–Kier alpha value is -2.53. The van der Waals surface area contributed by atoms with Crippen LogP contribution in [0.15, 0.2) is 48.5 Å². The monoisotopic (exact) mass is 360 g/mol. The molecule has 0 aliphatic carbocycles. The zero-order valence-corrected chi connectivity index (χ0v) is 15.0. The Balaban J connectivity index is 1.91. The van der Waals surface area contributed by atoms with E-state index in [9.17, 15) is 9.59 Å². The Morgan fingerprint density at radius 2 is 1.72 bits per heavy atom. The first-order valence-electron chi connectivity index (χ1n) is 7.98. The molecule has 0 spiro atoms. The number of amides is 2. The number of hydrogen-bond acceptors (Lipinski definition) is 3. The number of benzene rings is 2. The quantitative estimate of drug-likeness (QED) is 0.823. The fourth-order valence-electron chi connectivity index (χ4n) is 2.31. The van der Waals surface area contributed by atoms with Crippen molar-refractivity contribution in [3.05, 3.63) is 59.1 Å². The van der Waals surface area contributed by atoms with Gasteiger partial charge in [-0.25, -0.2) is 0 Å². The van der Waals surface area contributed by atoms with Crippen LogP contribution in [0.5, 0.6) is 5.75 Å². The maximum Gasteiger partial charge on any atom is 0.243 e. The Morgan fingerprint density at radius 3 is 2.28 bits per heavy atom. The van der Waals surface area contributed by atoms with Gasteiger partial charge in [-0.2, -0.15) is 0 Å². The van der Waals surface area contributed by atoms with Crippen molar-refractivity contribution in [2.45, 2.75) is 13.3 Å². The second kappa shape index (κ2) is 9.08. The van der Waals surface area contributed by atoms with Gasteiger partial charge >= 0.3 is 0 Å². The summed E-state index contributed by atoms with van der Waals surface area (Å²) < 4.78 is 5.08. The van der Waals surface area contributed by atoms with E-state index in [0.717, 1.165) is 5.56 Å². The molecule has 5 nitrogen and oxygen atoms in total. The van der Waals surface area contributed by atoms with Crippen LogP contribution >= 0.6 is 11.6 Å². The molecule has 0 radical (unpaired) electrons. The molecule has 0 aliphatic rings. The minimum Gasteiger partial charge on any atom is -0.497 e. The van der Waals surface area contributed by atoms with Crippen molar-refractivity contribution in [2.75, 3.05) is 25.5 Å². The largest absolute Gasteiger partial charge is 0.497 e. The number of halogens is 1. The van der Waals surface area contributed by atoms with Crippen LogP contribution in [0.2, 0.25) is 5.02 Å². The van der Waals surface area contributed by atoms with Gasteiger partial charge in [-0.05, 0) is 48.9 Å². The maximum absolute atomic E-state index is 12.4. The van der Waals surface area contributed by atoms with E-state index in [1.165, 1.54) is 4.90 Å². The molecule has 0 unspecified atom stereocenters. The number of likely N-dealkylation sites (N-methyl/N-ethyl adjacent to an activating group) is 1. The number of carbonyl (C=O) groups excluding carboxylic acids is 2. The van der Waals surface area contributed by atoms with Gasteiger partial charge in [0, 0.05) is 17.3 Å². The van der Waals surface area contributed by atoms with Crippen LogP contribution in [-0.4, -0.2) is 36.9 Å². The highest BCUT2D eigenvalue weighted by Gasteiger charge is 2.16. The molecule has 1 N–H and O–H groups in total. The third kappa shape index (κ3) is 5.80. The molecule has 0 bridgehead atoms. The summed E-state index contributed by atoms with van der Waals surface area (Å²) in [4.78, 5) is 26.1. The predicted octanol–water partition coefficient (Wildman–Crippen LogP) is 3.38. The molecule has 0 fully saturated rings. The summed E-state index contributed by atoms with van der Waals surface area (Å²) in [6, 6.07) is 14.1. The number of carbonyl (C=O) groups is 2. The zero-order chi connectivity index (χ0) is 18.2. The first-order valence-corrected chi connectivity index (χ1v) is 8.35. The van der Waals surface area contributed by atoms with Gasteiger partial charge in [-0.3, -0.25) is 9.59 Å². The van der Waals surface area contributed by atoms with Crippen molar-refractivity contribution in [1.82, 2.24) is 4.90 Å². The van der Waals surface area contributed by atoms with Gasteiger partial charge in [0.05, 0.1) is 20.1 Å². The van der Waals surface area contributed by atoms with Gasteiger partial charge in [0.1, 0.15) is 5.75 Å². The summed E-state index contributed by atoms with van der Waals surface area (Å²) in [5.74, 6) is 0.373. The fraction of sp³-hybridized carbons (Fsp3) is 0.263. The zero-order valence-electron chi connectivity index (χ0n) is 14.3. The molecule has 2 rings (SSSR count). The number of nitrogens with zero attached hydrogens (tertiary/aromatic N) is 1. The van der Waals surface area contributed by atoms with E-state index >= 15 is 0 Å². The lowest BCUT2D eigenvalue weighted by Gasteiger charge is -2.20. The van der Waals surface area contributed by atoms with E-state index in [2.05, 4.69) is 5.32 Å². The van der Waals surface area contributed by atoms with Crippen LogP contribution in [0, 0.1) is 0 Å². The third-order valence-corrected chi connectivity index (χ3v) is 3.96. The van der Waals surface area contributed by atoms with E-state index in [4.69, 9.17) is 16.3 Å². The van der Waals surface area contributed by atoms with E-state index < -0.39 is 0 Å². The summed E-state index contributed by atoms with van der Waals surface area (Å²) in [6.07, 6.45) is 0.237. The Labute approximate surface area is 152 Å². The molecule has 6 heteroatoms. The first kappa shape index (κ1) is 18.8. The smallest absolute Gasteiger partial charge is 0.243 e. The lowest BCUT2D eigenvalue weighted by atomic mass is 10.1. The van der Waals surface area contributed by atoms with Crippen molar-refractivity contribution >= 4 is 29.1 Å². The average Bonchev–Trinajstić information content (AvgIpc) is 2.62. The highest BCUT2D eigenvalue weighted by Crippen LogP contribution is 2.15. The molecule has 2 amide bonds. The fourth-order valence-corrected chi connectivity index (χ4v) is 2.44. The number of methoxy groups -OCH3 is 1. The normalized spacial score (nSPS) is 10.2. The molecule has 0 aromatic heterocycles. The second-order valence-corrected chi connectivity index (χ2v) is 5.92. The van der Waals surface area contributed by atoms with Gasteiger partial charge in [-0.15, -0.1) is 0 Å². The third-order valence-electron chi connectivity index (χ3n) is 3.71. The lowest BCUT2D eigenvalue weighted by Crippen LogP contribution is -2.38. The number of rotatable bonds is 7. The molecule has 0 aliphatic heterocycles. The summed E-state index contributed by atoms with van der Waals surface area (Å²) in [5, 5.41) is 3.41. The molecule has 2 aromatic rings. The molecule has 0 saturated carbocycles. The van der Waals surface area contributed by atoms with Crippen molar-refractivity contribution in [3.8, 4) is 5.75 Å². The molecule has 0 atom stereocenters. The van der Waals surface area contributed by atoms with Crippen LogP contribution in [0.25, 0.3) is 0 Å². The van der Waals surface area contributed by atoms with Crippen molar-refractivity contribution in [1.29, 1.82) is 0 Å². The highest BCUT2D eigenvalue weighted by atomic mass is 35.5. The van der Waals surface area contributed by atoms with E-state index in [-0.39, 0.29) is 24.8 Å². The van der Waals surface area contributed by atoms with Crippen molar-refractivity contribution < 1.29 is 14.3 Å². The maximum atomic E-state index is 12.4. The Kier molecular flexibility index (Phi) is 6.83. The summed E-state index contributed by atoms with van der Waals surface area (Å²) in [7, 11) is 1.58. The standard InChI is InChI=1S/C19H21ClN2O3/c1-3-22(19(24)12-14-4-6-15(20)7-5-14)13-18(23)21-16-8-10-17(25-2)11-9-16/h4-11H,3,12-13H2,1-2H3,(H,21,23). The van der Waals surface area contributed by atoms with Gasteiger partial charge < -0.3 is 15.0 Å². The van der Waals surface area contributed by atoms with Crippen LogP contribution in [0.1, 0.15) is 12.5 Å². The molecule has 2 aromatic carbocycles. The van der Waals surface area contributed by atoms with E-state index in [1.807, 2.05) is 19.1 Å². The number of nitrogens with one attached hydrogen (secondary N) is 1. The lowest BCUT2D eigenvalue weighted by molar-refractivity contribution is -0.133. The average molecular weight is 361 g/mol. The van der Waals surface area contributed by atoms with Gasteiger partial charge in [-0.1, -0.05) is 23.7 Å². The Bertz CT molecular complexity index is 714. The summed E-state index contributed by atoms with van der Waals surface area (Å²) in [5.41, 5.74) is 1.52. The van der Waals surface area contributed by atoms with Crippen LogP contribution < -0.4 is 10.1 Å². The molecular formula is C19H21ClN2O3. The van der Waals surface area contributed by atoms with Crippen molar-refractivity contribution in [3.63, 3.8) is 0 Å². The predicted molar refractivity (Wildman–Crippen MR) is 99.0 cm³/mol. The molecule has 0 heterocycles. The number of ether oxygens (including phenoxy) is 1. The Morgan fingerprint density at radius 1 is 1.08 bits per heavy atom. The molecular weight excluding hydrogens is 340 g/mol. The highest BCUT2D eigenvalue weighted by molar-refractivity contribution is 6.30. The van der Waals surface area contributed by atoms with Crippen LogP contribution in [0.4, 0.5) is 5.69 Å². The number of hydrogen-bond donors (Lipinski definition) is 1. The first-order chi connectivity index (χ1) is 12.0. The van der Waals surface area contributed by atoms with Gasteiger partial charge in [0.25, 0.3) is 0 Å². The SMILES string of the molecule is CCN(CC(=O)Nc1ccc(OC)cc1)C(=O)Cc1ccc(Cl)cc1. The van der Waals surface area contributed by atoms with Crippen LogP contribution in [-0.2, 0) is 16.0 Å². The second-order valence-electron chi connectivity index (χ2n) is 5.49. The topological polar surface area (TPSA) is 58.6 Å². The van der Waals surface area contributed by atoms with Crippen LogP contribution in [0.3, 0.4) is 0 Å². The van der Waals surface area contributed by atoms with Crippen molar-refractivity contribution in [2.24, 2.45) is 0 Å². The minimum absolute atomic E-state index is 0.00888. The van der Waals surface area contributed by atoms with Gasteiger partial charge in [0.2, 0.25) is 11.8 Å². The van der Waals surface area contributed by atoms with E-state index in [1.54, 1.807) is 43.5 Å². The van der Waals surface area contributed by atoms with Gasteiger partial charge in [0.15, 0.2) is 0 Å². The summed E-state index contributed by atoms with van der Waals surface area (Å²) in [6.45, 7) is 2.32. The molecule has 132 valence electrons. The summed E-state index contributed by atoms with van der Waals surface area (Å²) >= 11 is 5.85. The molecule has 0 saturated heterocycles. The molecule has 25 heavy (non-hydrogen) atoms. The minimum atomic E-state index is -0.239.